The standard InChI is InChI=1S/C24H45P/c1-4-7-10-13-16-19-22-25(23-20-17-14-11-8-5-2)24-21-18-15-12-9-6-3/h4-6H,1-3,7-24H2. The fourth-order valence-corrected chi connectivity index (χ4v) is 5.95. The van der Waals surface area contributed by atoms with Crippen LogP contribution < -0.4 is 0 Å². The molecule has 1 heteroatoms. The van der Waals surface area contributed by atoms with Crippen molar-refractivity contribution in [2.45, 2.75) is 96.3 Å². The van der Waals surface area contributed by atoms with E-state index in [4.69, 9.17) is 0 Å². The van der Waals surface area contributed by atoms with Gasteiger partial charge in [0, 0.05) is 0 Å². The number of allylic oxidation sites excluding steroid dienone is 3. The highest BCUT2D eigenvalue weighted by atomic mass is 31.1. The molecule has 0 saturated carbocycles. The van der Waals surface area contributed by atoms with Crippen LogP contribution in [0.15, 0.2) is 38.0 Å². The van der Waals surface area contributed by atoms with Crippen LogP contribution in [-0.2, 0) is 0 Å². The molecule has 146 valence electrons. The predicted molar refractivity (Wildman–Crippen MR) is 121 cm³/mol. The third-order valence-electron chi connectivity index (χ3n) is 4.90. The summed E-state index contributed by atoms with van der Waals surface area (Å²) >= 11 is 0. The molecule has 0 radical (unpaired) electrons. The van der Waals surface area contributed by atoms with Crippen molar-refractivity contribution >= 4 is 7.92 Å². The second kappa shape index (κ2) is 21.7. The van der Waals surface area contributed by atoms with Crippen molar-refractivity contribution in [2.75, 3.05) is 18.5 Å². The second-order valence-corrected chi connectivity index (χ2v) is 10.00. The van der Waals surface area contributed by atoms with Gasteiger partial charge in [0.15, 0.2) is 0 Å². The van der Waals surface area contributed by atoms with Crippen LogP contribution in [0.2, 0.25) is 0 Å². The molecule has 0 amide bonds. The highest BCUT2D eigenvalue weighted by Gasteiger charge is 2.07. The molecule has 0 rings (SSSR count). The molecule has 0 atom stereocenters. The van der Waals surface area contributed by atoms with Gasteiger partial charge in [0.05, 0.1) is 0 Å². The molecule has 0 spiro atoms. The van der Waals surface area contributed by atoms with Crippen molar-refractivity contribution in [3.05, 3.63) is 38.0 Å². The summed E-state index contributed by atoms with van der Waals surface area (Å²) in [5, 5.41) is 0. The minimum atomic E-state index is 0.305. The first-order valence-electron chi connectivity index (χ1n) is 10.9. The number of hydrogen-bond donors (Lipinski definition) is 0. The van der Waals surface area contributed by atoms with Gasteiger partial charge in [0.1, 0.15) is 0 Å². The van der Waals surface area contributed by atoms with Crippen LogP contribution >= 0.6 is 7.92 Å². The number of hydrogen-bond acceptors (Lipinski definition) is 0. The Morgan fingerprint density at radius 2 is 0.680 bits per heavy atom. The van der Waals surface area contributed by atoms with E-state index in [1.807, 2.05) is 0 Å². The van der Waals surface area contributed by atoms with Crippen molar-refractivity contribution in [3.63, 3.8) is 0 Å². The average molecular weight is 365 g/mol. The van der Waals surface area contributed by atoms with Gasteiger partial charge >= 0.3 is 0 Å². The molecule has 0 nitrogen and oxygen atoms in total. The van der Waals surface area contributed by atoms with Crippen LogP contribution in [0.5, 0.6) is 0 Å². The monoisotopic (exact) mass is 364 g/mol. The van der Waals surface area contributed by atoms with Gasteiger partial charge in [-0.05, 0) is 76.3 Å². The van der Waals surface area contributed by atoms with Gasteiger partial charge in [-0.1, -0.05) is 56.8 Å². The molecular weight excluding hydrogens is 319 g/mol. The summed E-state index contributed by atoms with van der Waals surface area (Å²) in [7, 11) is 0.305. The third-order valence-corrected chi connectivity index (χ3v) is 7.74. The molecule has 0 aliphatic heterocycles. The third kappa shape index (κ3) is 19.8. The number of rotatable bonds is 21. The van der Waals surface area contributed by atoms with Crippen LogP contribution in [0.3, 0.4) is 0 Å². The minimum Gasteiger partial charge on any atom is -0.107 e. The highest BCUT2D eigenvalue weighted by Crippen LogP contribution is 2.39. The van der Waals surface area contributed by atoms with E-state index in [1.54, 1.807) is 0 Å². The zero-order chi connectivity index (χ0) is 18.4. The van der Waals surface area contributed by atoms with Crippen molar-refractivity contribution in [2.24, 2.45) is 0 Å². The molecule has 25 heavy (non-hydrogen) atoms. The van der Waals surface area contributed by atoms with Crippen LogP contribution in [0.4, 0.5) is 0 Å². The molecule has 0 fully saturated rings. The Hall–Kier alpha value is -0.350. The van der Waals surface area contributed by atoms with Gasteiger partial charge in [-0.3, -0.25) is 0 Å². The lowest BCUT2D eigenvalue weighted by Gasteiger charge is -2.18. The molecule has 0 aromatic rings. The Bertz CT molecular complexity index is 247. The van der Waals surface area contributed by atoms with Crippen molar-refractivity contribution in [3.8, 4) is 0 Å². The number of unbranched alkanes of at least 4 members (excludes halogenated alkanes) is 12. The van der Waals surface area contributed by atoms with Crippen molar-refractivity contribution in [1.29, 1.82) is 0 Å². The Morgan fingerprint density at radius 1 is 0.400 bits per heavy atom. The molecule has 0 aliphatic carbocycles. The Balaban J connectivity index is 3.81. The van der Waals surface area contributed by atoms with Crippen molar-refractivity contribution < 1.29 is 0 Å². The Kier molecular flexibility index (Phi) is 21.4. The molecule has 0 heterocycles. The highest BCUT2D eigenvalue weighted by molar-refractivity contribution is 7.57. The van der Waals surface area contributed by atoms with E-state index < -0.39 is 0 Å². The smallest absolute Gasteiger partial charge is 0.0326 e. The van der Waals surface area contributed by atoms with Crippen LogP contribution in [-0.4, -0.2) is 18.5 Å². The van der Waals surface area contributed by atoms with Gasteiger partial charge in [-0.15, -0.1) is 27.7 Å². The molecular formula is C24H45P. The molecule has 0 aromatic carbocycles. The Labute approximate surface area is 161 Å². The fourth-order valence-electron chi connectivity index (χ4n) is 3.27. The van der Waals surface area contributed by atoms with Gasteiger partial charge in [-0.25, -0.2) is 0 Å². The first-order valence-corrected chi connectivity index (χ1v) is 12.8. The topological polar surface area (TPSA) is 0 Å². The summed E-state index contributed by atoms with van der Waals surface area (Å²) in [6.45, 7) is 11.5. The molecule has 0 aliphatic rings. The summed E-state index contributed by atoms with van der Waals surface area (Å²) in [5.74, 6) is 0. The summed E-state index contributed by atoms with van der Waals surface area (Å²) in [6, 6.07) is 0. The lowest BCUT2D eigenvalue weighted by atomic mass is 10.1. The SMILES string of the molecule is C=CCCCCCCP(CCCCCCC=C)CCCCCCC=C. The quantitative estimate of drug-likeness (QED) is 0.108. The maximum atomic E-state index is 3.82. The van der Waals surface area contributed by atoms with Gasteiger partial charge in [0.25, 0.3) is 0 Å². The van der Waals surface area contributed by atoms with Gasteiger partial charge < -0.3 is 0 Å². The summed E-state index contributed by atoms with van der Waals surface area (Å²) in [5.41, 5.74) is 0. The minimum absolute atomic E-state index is 0.305. The maximum Gasteiger partial charge on any atom is -0.0326 e. The van der Waals surface area contributed by atoms with Crippen LogP contribution in [0, 0.1) is 0 Å². The normalized spacial score (nSPS) is 10.9. The summed E-state index contributed by atoms with van der Waals surface area (Å²) in [4.78, 5) is 0. The first-order chi connectivity index (χ1) is 12.3. The molecule has 0 saturated heterocycles. The average Bonchev–Trinajstić information content (AvgIpc) is 2.63. The summed E-state index contributed by atoms with van der Waals surface area (Å²) < 4.78 is 0. The first kappa shape index (κ1) is 24.7. The van der Waals surface area contributed by atoms with Crippen LogP contribution in [0.25, 0.3) is 0 Å². The van der Waals surface area contributed by atoms with E-state index in [2.05, 4.69) is 38.0 Å². The second-order valence-electron chi connectivity index (χ2n) is 7.32. The van der Waals surface area contributed by atoms with E-state index in [0.717, 1.165) is 0 Å². The zero-order valence-corrected chi connectivity index (χ0v) is 17.9. The molecule has 0 unspecified atom stereocenters. The van der Waals surface area contributed by atoms with Crippen molar-refractivity contribution in [1.82, 2.24) is 0 Å². The van der Waals surface area contributed by atoms with Gasteiger partial charge in [0.2, 0.25) is 0 Å². The molecule has 0 N–H and O–H groups in total. The van der Waals surface area contributed by atoms with E-state index in [9.17, 15) is 0 Å². The largest absolute Gasteiger partial charge is 0.107 e. The van der Waals surface area contributed by atoms with Crippen LogP contribution in [0.1, 0.15) is 96.3 Å². The maximum absolute atomic E-state index is 3.82. The van der Waals surface area contributed by atoms with E-state index in [-0.39, 0.29) is 0 Å². The fraction of sp³-hybridized carbons (Fsp3) is 0.750. The Morgan fingerprint density at radius 3 is 0.960 bits per heavy atom. The lowest BCUT2D eigenvalue weighted by Crippen LogP contribution is -1.97. The predicted octanol–water partition coefficient (Wildman–Crippen LogP) is 8.88. The zero-order valence-electron chi connectivity index (χ0n) is 17.0. The van der Waals surface area contributed by atoms with E-state index in [1.165, 1.54) is 115 Å². The van der Waals surface area contributed by atoms with E-state index >= 15 is 0 Å². The van der Waals surface area contributed by atoms with E-state index in [0.29, 0.717) is 7.92 Å². The van der Waals surface area contributed by atoms with Gasteiger partial charge in [-0.2, -0.15) is 0 Å². The molecule has 0 aromatic heterocycles. The molecule has 0 bridgehead atoms. The summed E-state index contributed by atoms with van der Waals surface area (Å²) in [6.07, 6.45) is 31.3. The lowest BCUT2D eigenvalue weighted by molar-refractivity contribution is 0.663.